The first-order valence-electron chi connectivity index (χ1n) is 15.1. The fraction of sp³-hybridized carbons (Fsp3) is 0.576. The van der Waals surface area contributed by atoms with Gasteiger partial charge in [0.25, 0.3) is 0 Å². The van der Waals surface area contributed by atoms with E-state index in [0.717, 1.165) is 49.0 Å². The zero-order valence-electron chi connectivity index (χ0n) is 25.0. The van der Waals surface area contributed by atoms with Gasteiger partial charge in [-0.2, -0.15) is 5.10 Å². The second-order valence-electron chi connectivity index (χ2n) is 13.3. The minimum atomic E-state index is -0.801. The van der Waals surface area contributed by atoms with E-state index in [-0.39, 0.29) is 34.2 Å². The first kappa shape index (κ1) is 30.1. The van der Waals surface area contributed by atoms with Crippen molar-refractivity contribution < 1.29 is 33.4 Å². The fourth-order valence-corrected chi connectivity index (χ4v) is 9.87. The average molecular weight is 611 g/mol. The van der Waals surface area contributed by atoms with Gasteiger partial charge in [-0.1, -0.05) is 26.3 Å². The summed E-state index contributed by atoms with van der Waals surface area (Å²) in [5.74, 6) is -1.40. The summed E-state index contributed by atoms with van der Waals surface area (Å²) in [4.78, 5) is 36.6. The third-order valence-electron chi connectivity index (χ3n) is 11.3. The van der Waals surface area contributed by atoms with E-state index < -0.39 is 29.3 Å². The number of hydrogen-bond donors (Lipinski definition) is 1. The topological polar surface area (TPSA) is 108 Å². The Morgan fingerprint density at radius 2 is 1.93 bits per heavy atom. The highest BCUT2D eigenvalue weighted by atomic mass is 32.2. The quantitative estimate of drug-likeness (QED) is 0.325. The van der Waals surface area contributed by atoms with E-state index in [4.69, 9.17) is 4.74 Å². The molecule has 1 aromatic heterocycles. The van der Waals surface area contributed by atoms with Gasteiger partial charge in [-0.25, -0.2) is 13.9 Å². The summed E-state index contributed by atoms with van der Waals surface area (Å²) in [7, 11) is 1.24. The van der Waals surface area contributed by atoms with Gasteiger partial charge in [0.15, 0.2) is 0 Å². The van der Waals surface area contributed by atoms with Crippen LogP contribution in [0.2, 0.25) is 0 Å². The predicted octanol–water partition coefficient (Wildman–Crippen LogP) is 5.99. The Balaban J connectivity index is 1.20. The van der Waals surface area contributed by atoms with Gasteiger partial charge in [0, 0.05) is 0 Å². The van der Waals surface area contributed by atoms with Crippen LogP contribution in [0.3, 0.4) is 0 Å². The molecule has 2 aromatic rings. The minimum Gasteiger partial charge on any atom is -0.468 e. The van der Waals surface area contributed by atoms with E-state index in [9.17, 15) is 23.9 Å². The molecule has 0 amide bonds. The summed E-state index contributed by atoms with van der Waals surface area (Å²) in [6, 6.07) is 6.37. The molecule has 10 heteroatoms. The third-order valence-corrected chi connectivity index (χ3v) is 12.0. The molecule has 8 atom stereocenters. The molecule has 1 N–H and O–H groups in total. The van der Waals surface area contributed by atoms with Crippen LogP contribution < -0.4 is 0 Å². The maximum atomic E-state index is 13.6. The number of halogens is 1. The summed E-state index contributed by atoms with van der Waals surface area (Å²) < 4.78 is 25.1. The first-order chi connectivity index (χ1) is 20.5. The molecule has 0 spiro atoms. The standard InChI is InChI=1S/C33H39FN2O6S/c1-18(30(39)42-31(40)43-17-28(38)41-4)24-11-12-25-23-10-5-20-13-26-19(16-35-36(26)22-8-6-21(34)7-9-22)14-32(20,2)29(23)27(37)15-33(24,25)3/h6-9,13,16,18,23-25,27,29,37H,5,10-12,14-15,17H2,1-4H3/t18?,23-,24+,25-,27-,29+,32-,33+/m0/s1. The molecule has 1 heterocycles. The smallest absolute Gasteiger partial charge is 0.375 e. The van der Waals surface area contributed by atoms with Gasteiger partial charge in [0.2, 0.25) is 0 Å². The van der Waals surface area contributed by atoms with Crippen LogP contribution in [0, 0.1) is 46.2 Å². The molecule has 6 rings (SSSR count). The lowest BCUT2D eigenvalue weighted by Gasteiger charge is -2.60. The molecule has 1 aromatic carbocycles. The van der Waals surface area contributed by atoms with Crippen molar-refractivity contribution in [1.82, 2.24) is 9.78 Å². The summed E-state index contributed by atoms with van der Waals surface area (Å²) >= 11 is 0.618. The SMILES string of the molecule is COC(=O)CSC(=O)OC(=O)C(C)[C@H]1CC[C@H]2[C@@H]3CCC4=Cc5c(cnn5-c5ccc(F)cc5)C[C@]4(C)[C@H]3[C@@H](O)C[C@]12C. The van der Waals surface area contributed by atoms with Gasteiger partial charge in [0.05, 0.1) is 36.7 Å². The van der Waals surface area contributed by atoms with E-state index in [1.165, 1.54) is 24.8 Å². The number of esters is 2. The number of methoxy groups -OCH3 is 1. The van der Waals surface area contributed by atoms with Crippen molar-refractivity contribution in [2.75, 3.05) is 12.9 Å². The van der Waals surface area contributed by atoms with Crippen LogP contribution in [-0.4, -0.2) is 51.1 Å². The largest absolute Gasteiger partial charge is 0.468 e. The van der Waals surface area contributed by atoms with Crippen molar-refractivity contribution in [2.45, 2.75) is 65.4 Å². The van der Waals surface area contributed by atoms with Gasteiger partial charge in [0.1, 0.15) is 11.6 Å². The van der Waals surface area contributed by atoms with Crippen molar-refractivity contribution in [3.63, 3.8) is 0 Å². The lowest BCUT2D eigenvalue weighted by atomic mass is 9.45. The zero-order valence-corrected chi connectivity index (χ0v) is 25.9. The number of rotatable bonds is 5. The monoisotopic (exact) mass is 610 g/mol. The van der Waals surface area contributed by atoms with Crippen molar-refractivity contribution in [3.05, 3.63) is 53.1 Å². The molecule has 43 heavy (non-hydrogen) atoms. The molecule has 3 saturated carbocycles. The minimum absolute atomic E-state index is 0.0179. The van der Waals surface area contributed by atoms with E-state index in [0.29, 0.717) is 30.0 Å². The molecular formula is C33H39FN2O6S. The summed E-state index contributed by atoms with van der Waals surface area (Å²) in [5.41, 5.74) is 3.85. The zero-order chi connectivity index (χ0) is 30.7. The van der Waals surface area contributed by atoms with Crippen LogP contribution in [0.5, 0.6) is 0 Å². The molecular weight excluding hydrogens is 571 g/mol. The van der Waals surface area contributed by atoms with E-state index in [1.807, 2.05) is 17.8 Å². The average Bonchev–Trinajstić information content (AvgIpc) is 3.53. The Hall–Kier alpha value is -2.98. The Morgan fingerprint density at radius 1 is 1.19 bits per heavy atom. The molecule has 3 fully saturated rings. The van der Waals surface area contributed by atoms with E-state index in [2.05, 4.69) is 29.8 Å². The van der Waals surface area contributed by atoms with Crippen LogP contribution in [0.1, 0.15) is 64.1 Å². The number of aliphatic hydroxyl groups is 1. The number of nitrogens with zero attached hydrogens (tertiary/aromatic N) is 2. The number of thioether (sulfide) groups is 1. The Kier molecular flexibility index (Phi) is 7.82. The Labute approximate surface area is 255 Å². The Bertz CT molecular complexity index is 1470. The molecule has 0 bridgehead atoms. The lowest BCUT2D eigenvalue weighted by Crippen LogP contribution is -2.57. The van der Waals surface area contributed by atoms with Crippen LogP contribution in [-0.2, 0) is 25.5 Å². The number of benzene rings is 1. The van der Waals surface area contributed by atoms with Crippen molar-refractivity contribution in [2.24, 2.45) is 40.4 Å². The highest BCUT2D eigenvalue weighted by molar-refractivity contribution is 8.13. The van der Waals surface area contributed by atoms with Gasteiger partial charge in [-0.3, -0.25) is 9.59 Å². The normalized spacial score (nSPS) is 33.3. The summed E-state index contributed by atoms with van der Waals surface area (Å²) in [6.45, 7) is 6.33. The third kappa shape index (κ3) is 5.04. The summed E-state index contributed by atoms with van der Waals surface area (Å²) in [5, 5.41) is 15.8. The van der Waals surface area contributed by atoms with Crippen molar-refractivity contribution in [3.8, 4) is 5.69 Å². The number of carbonyl (C=O) groups excluding carboxylic acids is 3. The highest BCUT2D eigenvalue weighted by Crippen LogP contribution is 2.67. The second kappa shape index (κ2) is 11.2. The van der Waals surface area contributed by atoms with E-state index >= 15 is 0 Å². The number of carbonyl (C=O) groups is 3. The number of aromatic nitrogens is 2. The van der Waals surface area contributed by atoms with Crippen LogP contribution in [0.4, 0.5) is 9.18 Å². The molecule has 0 aliphatic heterocycles. The molecule has 230 valence electrons. The van der Waals surface area contributed by atoms with Crippen LogP contribution >= 0.6 is 11.8 Å². The molecule has 0 radical (unpaired) electrons. The van der Waals surface area contributed by atoms with Gasteiger partial charge in [-0.15, -0.1) is 0 Å². The maximum absolute atomic E-state index is 13.6. The molecule has 0 saturated heterocycles. The highest BCUT2D eigenvalue weighted by Gasteiger charge is 2.63. The van der Waals surface area contributed by atoms with Crippen molar-refractivity contribution >= 4 is 35.1 Å². The van der Waals surface area contributed by atoms with Crippen molar-refractivity contribution in [1.29, 1.82) is 0 Å². The lowest BCUT2D eigenvalue weighted by molar-refractivity contribution is -0.151. The maximum Gasteiger partial charge on any atom is 0.375 e. The fourth-order valence-electron chi connectivity index (χ4n) is 9.38. The molecule has 4 aliphatic carbocycles. The number of allylic oxidation sites excluding steroid dienone is 1. The van der Waals surface area contributed by atoms with Crippen LogP contribution in [0.25, 0.3) is 11.8 Å². The van der Waals surface area contributed by atoms with Crippen LogP contribution in [0.15, 0.2) is 36.0 Å². The van der Waals surface area contributed by atoms with Gasteiger partial charge >= 0.3 is 17.2 Å². The van der Waals surface area contributed by atoms with Gasteiger partial charge < -0.3 is 14.6 Å². The predicted molar refractivity (Wildman–Crippen MR) is 160 cm³/mol. The first-order valence-corrected chi connectivity index (χ1v) is 16.1. The number of ether oxygens (including phenoxy) is 2. The number of fused-ring (bicyclic) bond motifs is 6. The summed E-state index contributed by atoms with van der Waals surface area (Å²) in [6.07, 6.45) is 8.71. The van der Waals surface area contributed by atoms with E-state index in [1.54, 1.807) is 12.1 Å². The number of hydrogen-bond acceptors (Lipinski definition) is 8. The molecule has 4 aliphatic rings. The molecule has 1 unspecified atom stereocenters. The second-order valence-corrected chi connectivity index (χ2v) is 14.2. The molecule has 8 nitrogen and oxygen atoms in total. The van der Waals surface area contributed by atoms with Gasteiger partial charge in [-0.05, 0) is 121 Å². The number of aliphatic hydroxyl groups excluding tert-OH is 1. The Morgan fingerprint density at radius 3 is 2.65 bits per heavy atom.